The van der Waals surface area contributed by atoms with E-state index >= 15 is 0 Å². The molecule has 1 rings (SSSR count). The van der Waals surface area contributed by atoms with Gasteiger partial charge in [-0.2, -0.15) is 0 Å². The quantitative estimate of drug-likeness (QED) is 0.637. The molecular formula is C15H21NO. The number of terminal acetylenes is 1. The SMILES string of the molecule is C#CC.CNC(C(=O)c1ccccc1)C(C)C. The van der Waals surface area contributed by atoms with Crippen LogP contribution in [0.25, 0.3) is 0 Å². The van der Waals surface area contributed by atoms with Crippen molar-refractivity contribution in [3.8, 4) is 12.3 Å². The standard InChI is InChI=1S/C12H17NO.C3H4/c1-9(2)11(13-3)12(14)10-7-5-4-6-8-10;1-3-2/h4-9,11,13H,1-3H3;1H,2H3. The lowest BCUT2D eigenvalue weighted by molar-refractivity contribution is 0.0922. The van der Waals surface area contributed by atoms with Gasteiger partial charge in [-0.3, -0.25) is 4.79 Å². The van der Waals surface area contributed by atoms with Crippen LogP contribution in [0.4, 0.5) is 0 Å². The first-order valence-corrected chi connectivity index (χ1v) is 5.72. The third-order valence-electron chi connectivity index (χ3n) is 2.32. The number of rotatable bonds is 4. The van der Waals surface area contributed by atoms with Gasteiger partial charge in [-0.05, 0) is 19.9 Å². The third kappa shape index (κ3) is 5.33. The van der Waals surface area contributed by atoms with Crippen LogP contribution in [0.5, 0.6) is 0 Å². The summed E-state index contributed by atoms with van der Waals surface area (Å²) in [4.78, 5) is 12.0. The molecule has 0 saturated heterocycles. The van der Waals surface area contributed by atoms with Gasteiger partial charge in [0.15, 0.2) is 5.78 Å². The largest absolute Gasteiger partial charge is 0.310 e. The van der Waals surface area contributed by atoms with Gasteiger partial charge in [0.25, 0.3) is 0 Å². The fourth-order valence-corrected chi connectivity index (χ4v) is 1.55. The van der Waals surface area contributed by atoms with E-state index in [0.717, 1.165) is 5.56 Å². The molecule has 0 aliphatic rings. The van der Waals surface area contributed by atoms with E-state index in [1.807, 2.05) is 51.2 Å². The highest BCUT2D eigenvalue weighted by Gasteiger charge is 2.20. The Kier molecular flexibility index (Phi) is 7.75. The summed E-state index contributed by atoms with van der Waals surface area (Å²) in [7, 11) is 1.82. The van der Waals surface area contributed by atoms with E-state index in [2.05, 4.69) is 17.7 Å². The van der Waals surface area contributed by atoms with Crippen LogP contribution in [0, 0.1) is 18.3 Å². The summed E-state index contributed by atoms with van der Waals surface area (Å²) in [5.41, 5.74) is 0.778. The van der Waals surface area contributed by atoms with Crippen molar-refractivity contribution >= 4 is 5.78 Å². The molecule has 1 aromatic carbocycles. The van der Waals surface area contributed by atoms with E-state index in [4.69, 9.17) is 0 Å². The van der Waals surface area contributed by atoms with Crippen molar-refractivity contribution in [1.29, 1.82) is 0 Å². The highest BCUT2D eigenvalue weighted by Crippen LogP contribution is 2.09. The molecule has 0 saturated carbocycles. The summed E-state index contributed by atoms with van der Waals surface area (Å²) < 4.78 is 0. The van der Waals surface area contributed by atoms with Gasteiger partial charge in [0.05, 0.1) is 6.04 Å². The Morgan fingerprint density at radius 2 is 1.76 bits per heavy atom. The van der Waals surface area contributed by atoms with Gasteiger partial charge in [-0.25, -0.2) is 0 Å². The van der Waals surface area contributed by atoms with Crippen LogP contribution in [0.2, 0.25) is 0 Å². The van der Waals surface area contributed by atoms with E-state index in [9.17, 15) is 4.79 Å². The monoisotopic (exact) mass is 231 g/mol. The molecule has 1 aromatic rings. The maximum absolute atomic E-state index is 12.0. The summed E-state index contributed by atoms with van der Waals surface area (Å²) >= 11 is 0. The summed E-state index contributed by atoms with van der Waals surface area (Å²) in [5, 5.41) is 3.05. The van der Waals surface area contributed by atoms with E-state index in [1.54, 1.807) is 6.92 Å². The molecule has 0 heterocycles. The molecule has 17 heavy (non-hydrogen) atoms. The zero-order chi connectivity index (χ0) is 13.3. The van der Waals surface area contributed by atoms with Crippen LogP contribution in [-0.2, 0) is 0 Å². The first kappa shape index (κ1) is 15.4. The molecule has 0 spiro atoms. The van der Waals surface area contributed by atoms with Crippen LogP contribution in [0.3, 0.4) is 0 Å². The second-order valence-corrected chi connectivity index (χ2v) is 4.03. The van der Waals surface area contributed by atoms with Crippen molar-refractivity contribution in [3.05, 3.63) is 35.9 Å². The smallest absolute Gasteiger partial charge is 0.179 e. The summed E-state index contributed by atoms with van der Waals surface area (Å²) in [6.45, 7) is 5.74. The summed E-state index contributed by atoms with van der Waals surface area (Å²) in [5.74, 6) is 2.73. The molecule has 1 unspecified atom stereocenters. The second kappa shape index (κ2) is 8.55. The van der Waals surface area contributed by atoms with E-state index in [0.29, 0.717) is 5.92 Å². The highest BCUT2D eigenvalue weighted by molar-refractivity contribution is 6.00. The van der Waals surface area contributed by atoms with Crippen molar-refractivity contribution < 1.29 is 4.79 Å². The minimum absolute atomic E-state index is 0.0857. The third-order valence-corrected chi connectivity index (χ3v) is 2.32. The maximum atomic E-state index is 12.0. The van der Waals surface area contributed by atoms with E-state index < -0.39 is 0 Å². The maximum Gasteiger partial charge on any atom is 0.179 e. The highest BCUT2D eigenvalue weighted by atomic mass is 16.1. The average molecular weight is 231 g/mol. The first-order valence-electron chi connectivity index (χ1n) is 5.72. The van der Waals surface area contributed by atoms with Crippen LogP contribution in [0.15, 0.2) is 30.3 Å². The van der Waals surface area contributed by atoms with Gasteiger partial charge in [0, 0.05) is 5.56 Å². The summed E-state index contributed by atoms with van der Waals surface area (Å²) in [6, 6.07) is 9.32. The van der Waals surface area contributed by atoms with Crippen molar-refractivity contribution in [2.45, 2.75) is 26.8 Å². The molecule has 0 fully saturated rings. The minimum Gasteiger partial charge on any atom is -0.310 e. The van der Waals surface area contributed by atoms with Crippen LogP contribution in [-0.4, -0.2) is 18.9 Å². The van der Waals surface area contributed by atoms with Crippen LogP contribution >= 0.6 is 0 Å². The Balaban J connectivity index is 0.000000770. The Hall–Kier alpha value is -1.59. The first-order chi connectivity index (χ1) is 8.08. The van der Waals surface area contributed by atoms with Crippen molar-refractivity contribution in [2.75, 3.05) is 7.05 Å². The number of carbonyl (C=O) groups excluding carboxylic acids is 1. The molecular weight excluding hydrogens is 210 g/mol. The zero-order valence-corrected chi connectivity index (χ0v) is 11.0. The lowest BCUT2D eigenvalue weighted by atomic mass is 9.95. The number of carbonyl (C=O) groups is 1. The average Bonchev–Trinajstić information content (AvgIpc) is 2.31. The lowest BCUT2D eigenvalue weighted by Crippen LogP contribution is -2.38. The van der Waals surface area contributed by atoms with Gasteiger partial charge >= 0.3 is 0 Å². The predicted octanol–water partition coefficient (Wildman–Crippen LogP) is 2.75. The van der Waals surface area contributed by atoms with Gasteiger partial charge in [-0.15, -0.1) is 12.3 Å². The van der Waals surface area contributed by atoms with Crippen molar-refractivity contribution in [3.63, 3.8) is 0 Å². The minimum atomic E-state index is -0.0857. The topological polar surface area (TPSA) is 29.1 Å². The fourth-order valence-electron chi connectivity index (χ4n) is 1.55. The van der Waals surface area contributed by atoms with Crippen molar-refractivity contribution in [2.24, 2.45) is 5.92 Å². The molecule has 1 atom stereocenters. The molecule has 0 bridgehead atoms. The van der Waals surface area contributed by atoms with Crippen LogP contribution < -0.4 is 5.32 Å². The van der Waals surface area contributed by atoms with Crippen molar-refractivity contribution in [1.82, 2.24) is 5.32 Å². The Morgan fingerprint density at radius 1 is 1.29 bits per heavy atom. The van der Waals surface area contributed by atoms with E-state index in [-0.39, 0.29) is 11.8 Å². The molecule has 0 aliphatic heterocycles. The molecule has 0 amide bonds. The Bertz CT molecular complexity index is 362. The number of hydrogen-bond acceptors (Lipinski definition) is 2. The number of benzene rings is 1. The zero-order valence-electron chi connectivity index (χ0n) is 11.0. The van der Waals surface area contributed by atoms with Gasteiger partial charge in [0.2, 0.25) is 0 Å². The van der Waals surface area contributed by atoms with E-state index in [1.165, 1.54) is 0 Å². The molecule has 2 heteroatoms. The molecule has 0 aliphatic carbocycles. The second-order valence-electron chi connectivity index (χ2n) is 4.03. The van der Waals surface area contributed by atoms with Gasteiger partial charge in [-0.1, -0.05) is 44.2 Å². The molecule has 92 valence electrons. The number of ketones is 1. The number of nitrogens with one attached hydrogen (secondary N) is 1. The lowest BCUT2D eigenvalue weighted by Gasteiger charge is -2.18. The predicted molar refractivity (Wildman–Crippen MR) is 73.0 cm³/mol. The molecule has 0 radical (unpaired) electrons. The fraction of sp³-hybridized carbons (Fsp3) is 0.400. The normalized spacial score (nSPS) is 11.1. The van der Waals surface area contributed by atoms with Gasteiger partial charge < -0.3 is 5.32 Å². The summed E-state index contributed by atoms with van der Waals surface area (Å²) in [6.07, 6.45) is 4.60. The van der Waals surface area contributed by atoms with Gasteiger partial charge in [0.1, 0.15) is 0 Å². The molecule has 2 nitrogen and oxygen atoms in total. The Morgan fingerprint density at radius 3 is 2.12 bits per heavy atom. The Labute approximate surface area is 104 Å². The number of Topliss-reactive ketones (excluding diaryl/α,β-unsaturated/α-hetero) is 1. The van der Waals surface area contributed by atoms with Crippen LogP contribution in [0.1, 0.15) is 31.1 Å². The number of likely N-dealkylation sites (N-methyl/N-ethyl adjacent to an activating group) is 1. The molecule has 0 aromatic heterocycles. The molecule has 1 N–H and O–H groups in total. The number of hydrogen-bond donors (Lipinski definition) is 1.